The zero-order valence-corrected chi connectivity index (χ0v) is 36.3. The second-order valence-corrected chi connectivity index (χ2v) is 25.4. The molecule has 0 N–H and O–H groups in total. The number of ketones is 2. The highest BCUT2D eigenvalue weighted by Crippen LogP contribution is 2.38. The predicted octanol–water partition coefficient (Wildman–Crippen LogP) is 10.7. The van der Waals surface area contributed by atoms with Gasteiger partial charge >= 0.3 is 0 Å². The summed E-state index contributed by atoms with van der Waals surface area (Å²) in [6.45, 7) is 12.9. The smallest absolute Gasteiger partial charge is 0.205 e. The van der Waals surface area contributed by atoms with Gasteiger partial charge in [0.2, 0.25) is 5.78 Å². The van der Waals surface area contributed by atoms with E-state index in [0.29, 0.717) is 11.4 Å². The van der Waals surface area contributed by atoms with Gasteiger partial charge in [-0.25, -0.2) is 0 Å². The first-order valence-corrected chi connectivity index (χ1v) is 26.3. The SMILES string of the molecule is CC(C)(C)[Si](C)(C)OCC(=O)c1c2c(cc3c(Cl)cccc13)CCC2.CCC(=O)C#CCCC/C=C/c1ccccc1Cl.S=S=S=S=S=S. The average Bonchev–Trinajstić information content (AvgIpc) is 3.54. The molecular formula is C37H44Cl2O3S6Si. The maximum Gasteiger partial charge on any atom is 0.205 e. The van der Waals surface area contributed by atoms with Crippen molar-refractivity contribution in [2.45, 2.75) is 90.8 Å². The fourth-order valence-corrected chi connectivity index (χ4v) is 11.5. The van der Waals surface area contributed by atoms with Crippen molar-refractivity contribution < 1.29 is 14.0 Å². The van der Waals surface area contributed by atoms with Crippen molar-refractivity contribution in [3.8, 4) is 11.8 Å². The minimum absolute atomic E-state index is 0.0154. The molecular weight excluding hydrogens is 784 g/mol. The summed E-state index contributed by atoms with van der Waals surface area (Å²) in [6, 6.07) is 15.8. The first-order valence-electron chi connectivity index (χ1n) is 16.0. The molecule has 0 unspecified atom stereocenters. The zero-order valence-electron chi connectivity index (χ0n) is 28.9. The number of fused-ring (bicyclic) bond motifs is 2. The lowest BCUT2D eigenvalue weighted by molar-refractivity contribution is -0.113. The van der Waals surface area contributed by atoms with Gasteiger partial charge in [-0.05, 0) is 96.4 Å². The quantitative estimate of drug-likeness (QED) is 0.0707. The summed E-state index contributed by atoms with van der Waals surface area (Å²) in [5.74, 6) is 5.61. The van der Waals surface area contributed by atoms with Crippen LogP contribution >= 0.6 is 23.2 Å². The molecule has 0 saturated carbocycles. The molecule has 0 atom stereocenters. The van der Waals surface area contributed by atoms with E-state index in [1.54, 1.807) is 0 Å². The Balaban J connectivity index is 0.000000304. The van der Waals surface area contributed by atoms with E-state index in [1.165, 1.54) is 46.6 Å². The van der Waals surface area contributed by atoms with Crippen LogP contribution in [0.1, 0.15) is 86.8 Å². The van der Waals surface area contributed by atoms with E-state index >= 15 is 0 Å². The number of benzene rings is 3. The first-order chi connectivity index (χ1) is 23.3. The fraction of sp³-hybridized carbons (Fsp3) is 0.405. The van der Waals surface area contributed by atoms with Crippen LogP contribution in [0.4, 0.5) is 0 Å². The van der Waals surface area contributed by atoms with Crippen LogP contribution in [0.2, 0.25) is 28.2 Å². The van der Waals surface area contributed by atoms with Gasteiger partial charge < -0.3 is 4.43 Å². The summed E-state index contributed by atoms with van der Waals surface area (Å²) in [7, 11) is 3.68. The average molecular weight is 828 g/mol. The molecule has 3 aromatic carbocycles. The van der Waals surface area contributed by atoms with Crippen LogP contribution in [0.15, 0.2) is 54.6 Å². The normalized spacial score (nSPS) is 12.0. The van der Waals surface area contributed by atoms with Gasteiger partial charge in [0.1, 0.15) is 0 Å². The van der Waals surface area contributed by atoms with Gasteiger partial charge in [-0.15, -0.1) is 0 Å². The fourth-order valence-electron chi connectivity index (χ4n) is 4.70. The van der Waals surface area contributed by atoms with Crippen molar-refractivity contribution in [2.75, 3.05) is 6.61 Å². The first kappa shape index (κ1) is 43.8. The Labute approximate surface area is 325 Å². The van der Waals surface area contributed by atoms with Crippen molar-refractivity contribution in [2.24, 2.45) is 0 Å². The number of allylic oxidation sites excluding steroid dienone is 1. The Bertz CT molecular complexity index is 1870. The van der Waals surface area contributed by atoms with Crippen LogP contribution in [0, 0.1) is 11.8 Å². The van der Waals surface area contributed by atoms with Crippen LogP contribution in [-0.4, -0.2) is 26.5 Å². The predicted molar refractivity (Wildman–Crippen MR) is 230 cm³/mol. The number of Topliss-reactive ketones (excluding diaryl/α,β-unsaturated/α-hetero) is 2. The van der Waals surface area contributed by atoms with Crippen LogP contribution in [0.25, 0.3) is 16.8 Å². The van der Waals surface area contributed by atoms with E-state index in [0.717, 1.165) is 65.4 Å². The van der Waals surface area contributed by atoms with Crippen molar-refractivity contribution in [3.63, 3.8) is 0 Å². The highest BCUT2D eigenvalue weighted by atomic mass is 35.5. The number of aryl methyl sites for hydroxylation is 1. The van der Waals surface area contributed by atoms with E-state index in [-0.39, 0.29) is 23.2 Å². The Hall–Kier alpha value is -1.36. The number of carbonyl (C=O) groups is 2. The number of carbonyl (C=O) groups excluding carboxylic acids is 2. The van der Waals surface area contributed by atoms with Gasteiger partial charge in [-0.2, -0.15) is 0 Å². The van der Waals surface area contributed by atoms with E-state index in [2.05, 4.69) is 80.2 Å². The molecule has 3 nitrogen and oxygen atoms in total. The molecule has 0 aliphatic heterocycles. The molecule has 3 aromatic rings. The molecule has 0 aromatic heterocycles. The standard InChI is InChI=1S/C21H27ClO2Si.C16H17ClO.S6/c1-21(2,3)25(4,5)24-13-19(23)20-15-9-6-8-14(15)12-17-16(20)10-7-11-18(17)22;1-2-15(18)12-7-5-3-4-6-10-14-11-8-9-13-16(14)17;1-3-5-6-4-2/h7,10-12H,6,8-9,13H2,1-5H3;6,8-11,13H,2-5H2,1H3;/b;10-6+;. The zero-order chi connectivity index (χ0) is 36.5. The summed E-state index contributed by atoms with van der Waals surface area (Å²) < 4.78 is 6.21. The number of rotatable bonds is 9. The minimum atomic E-state index is -1.95. The third-order valence-corrected chi connectivity index (χ3v) is 20.2. The highest BCUT2D eigenvalue weighted by molar-refractivity contribution is 8.64. The lowest BCUT2D eigenvalue weighted by Crippen LogP contribution is -2.42. The molecule has 1 aliphatic carbocycles. The van der Waals surface area contributed by atoms with E-state index in [1.807, 2.05) is 55.5 Å². The molecule has 0 amide bonds. The van der Waals surface area contributed by atoms with Gasteiger partial charge in [-0.3, -0.25) is 9.59 Å². The molecule has 4 rings (SSSR count). The second kappa shape index (κ2) is 22.5. The van der Waals surface area contributed by atoms with Crippen LogP contribution in [0.5, 0.6) is 0 Å². The Kier molecular flexibility index (Phi) is 20.2. The second-order valence-electron chi connectivity index (χ2n) is 12.7. The van der Waals surface area contributed by atoms with Gasteiger partial charge in [0.25, 0.3) is 0 Å². The third-order valence-electron chi connectivity index (χ3n) is 8.36. The largest absolute Gasteiger partial charge is 0.409 e. The summed E-state index contributed by atoms with van der Waals surface area (Å²) in [6.07, 6.45) is 10.4. The van der Waals surface area contributed by atoms with Gasteiger partial charge in [-0.1, -0.05) is 99.3 Å². The number of halogens is 2. The van der Waals surface area contributed by atoms with Gasteiger partial charge in [0.15, 0.2) is 14.1 Å². The summed E-state index contributed by atoms with van der Waals surface area (Å²) in [4.78, 5) is 24.1. The van der Waals surface area contributed by atoms with Crippen molar-refractivity contribution in [3.05, 3.63) is 86.9 Å². The van der Waals surface area contributed by atoms with Gasteiger partial charge in [0.05, 0.1) is 6.61 Å². The molecule has 1 aliphatic rings. The molecule has 0 fully saturated rings. The molecule has 0 spiro atoms. The third kappa shape index (κ3) is 14.7. The topological polar surface area (TPSA) is 43.4 Å². The minimum Gasteiger partial charge on any atom is -0.409 e. The van der Waals surface area contributed by atoms with E-state index in [4.69, 9.17) is 27.6 Å². The van der Waals surface area contributed by atoms with Crippen LogP contribution in [-0.2, 0) is 80.0 Å². The molecule has 0 heterocycles. The molecule has 0 radical (unpaired) electrons. The number of hydrogen-bond acceptors (Lipinski definition) is 5. The van der Waals surface area contributed by atoms with Crippen LogP contribution < -0.4 is 0 Å². The summed E-state index contributed by atoms with van der Waals surface area (Å²) in [5, 5.41) is 3.53. The molecule has 264 valence electrons. The lowest BCUT2D eigenvalue weighted by Gasteiger charge is -2.36. The van der Waals surface area contributed by atoms with E-state index in [9.17, 15) is 9.59 Å². The van der Waals surface area contributed by atoms with E-state index < -0.39 is 8.32 Å². The Morgan fingerprint density at radius 2 is 1.65 bits per heavy atom. The maximum absolute atomic E-state index is 13.2. The highest BCUT2D eigenvalue weighted by Gasteiger charge is 2.38. The van der Waals surface area contributed by atoms with Crippen LogP contribution in [0.3, 0.4) is 0 Å². The monoisotopic (exact) mass is 826 g/mol. The van der Waals surface area contributed by atoms with Crippen molar-refractivity contribution >= 4 is 118 Å². The maximum atomic E-state index is 13.2. The lowest BCUT2D eigenvalue weighted by atomic mass is 9.93. The summed E-state index contributed by atoms with van der Waals surface area (Å²) in [5.41, 5.74) is 4.35. The van der Waals surface area contributed by atoms with Crippen molar-refractivity contribution in [1.82, 2.24) is 0 Å². The van der Waals surface area contributed by atoms with Gasteiger partial charge in [0, 0.05) is 91.7 Å². The Morgan fingerprint density at radius 1 is 0.980 bits per heavy atom. The molecule has 49 heavy (non-hydrogen) atoms. The summed E-state index contributed by atoms with van der Waals surface area (Å²) >= 11 is 21.5. The number of hydrogen-bond donors (Lipinski definition) is 0. The Morgan fingerprint density at radius 3 is 2.29 bits per heavy atom. The molecule has 0 saturated heterocycles. The molecule has 0 bridgehead atoms. The van der Waals surface area contributed by atoms with Crippen molar-refractivity contribution in [1.29, 1.82) is 0 Å². The number of unbranched alkanes of at least 4 members (excludes halogenated alkanes) is 2. The molecule has 12 heteroatoms.